The maximum absolute atomic E-state index is 13.5. The molecule has 2 aromatic rings. The maximum Gasteiger partial charge on any atom is 0.293 e. The number of aromatic amines is 1. The molecule has 2 rings (SSSR count). The Kier molecular flexibility index (Phi) is 1.96. The number of pyridine rings is 1. The van der Waals surface area contributed by atoms with Crippen LogP contribution >= 0.6 is 0 Å². The van der Waals surface area contributed by atoms with Crippen molar-refractivity contribution in [3.05, 3.63) is 39.7 Å². The molecule has 0 amide bonds. The summed E-state index contributed by atoms with van der Waals surface area (Å²) < 4.78 is 26.6. The number of aryl methyl sites for hydroxylation is 1. The smallest absolute Gasteiger partial charge is 0.293 e. The number of nitrogens with one attached hydrogen (secondary N) is 1. The molecule has 0 unspecified atom stereocenters. The topological polar surface area (TPSA) is 53.1 Å². The van der Waals surface area contributed by atoms with E-state index in [1.54, 1.807) is 0 Å². The lowest BCUT2D eigenvalue weighted by atomic mass is 10.1. The third-order valence-corrected chi connectivity index (χ3v) is 2.29. The molecule has 0 aliphatic carbocycles. The van der Waals surface area contributed by atoms with Gasteiger partial charge in [-0.05, 0) is 24.6 Å². The molecule has 5 heteroatoms. The Bertz CT molecular complexity index is 604. The lowest BCUT2D eigenvalue weighted by Crippen LogP contribution is -2.08. The van der Waals surface area contributed by atoms with E-state index in [1.165, 1.54) is 13.0 Å². The predicted octanol–water partition coefficient (Wildman–Crippen LogP) is 1.82. The number of fused-ring (bicyclic) bond motifs is 1. The standard InChI is InChI=1S/C10H7F2NO2/c1-4-5(11)2-3-6-7(4)8(12)9(14)10(15)13-6/h2-3,14H,1H3,(H,13,15). The lowest BCUT2D eigenvalue weighted by Gasteiger charge is -2.05. The molecule has 0 bridgehead atoms. The zero-order valence-electron chi connectivity index (χ0n) is 7.77. The van der Waals surface area contributed by atoms with Crippen LogP contribution in [-0.4, -0.2) is 10.1 Å². The van der Waals surface area contributed by atoms with Gasteiger partial charge in [-0.25, -0.2) is 8.78 Å². The molecule has 3 nitrogen and oxygen atoms in total. The highest BCUT2D eigenvalue weighted by molar-refractivity contribution is 5.83. The fourth-order valence-corrected chi connectivity index (χ4v) is 1.47. The molecule has 0 spiro atoms. The summed E-state index contributed by atoms with van der Waals surface area (Å²) in [6.45, 7) is 1.37. The van der Waals surface area contributed by atoms with E-state index >= 15 is 0 Å². The van der Waals surface area contributed by atoms with Gasteiger partial charge in [-0.2, -0.15) is 0 Å². The van der Waals surface area contributed by atoms with E-state index in [1.807, 2.05) is 0 Å². The molecule has 15 heavy (non-hydrogen) atoms. The molecule has 0 atom stereocenters. The summed E-state index contributed by atoms with van der Waals surface area (Å²) in [6, 6.07) is 2.38. The van der Waals surface area contributed by atoms with Crippen LogP contribution in [0, 0.1) is 18.6 Å². The van der Waals surface area contributed by atoms with Crippen LogP contribution in [0.25, 0.3) is 10.9 Å². The van der Waals surface area contributed by atoms with Crippen molar-refractivity contribution in [2.24, 2.45) is 0 Å². The van der Waals surface area contributed by atoms with Crippen LogP contribution in [0.3, 0.4) is 0 Å². The van der Waals surface area contributed by atoms with Gasteiger partial charge in [0.15, 0.2) is 5.82 Å². The first-order valence-electron chi connectivity index (χ1n) is 4.22. The molecular weight excluding hydrogens is 204 g/mol. The van der Waals surface area contributed by atoms with Crippen molar-refractivity contribution < 1.29 is 13.9 Å². The minimum absolute atomic E-state index is 0.0524. The third-order valence-electron chi connectivity index (χ3n) is 2.29. The largest absolute Gasteiger partial charge is 0.501 e. The van der Waals surface area contributed by atoms with Crippen LogP contribution in [0.4, 0.5) is 8.78 Å². The second kappa shape index (κ2) is 3.05. The Morgan fingerprint density at radius 1 is 1.33 bits per heavy atom. The first kappa shape index (κ1) is 9.64. The molecule has 2 N–H and O–H groups in total. The molecular formula is C10H7F2NO2. The van der Waals surface area contributed by atoms with E-state index in [0.717, 1.165) is 6.07 Å². The Morgan fingerprint density at radius 3 is 2.67 bits per heavy atom. The molecule has 0 radical (unpaired) electrons. The van der Waals surface area contributed by atoms with Gasteiger partial charge in [0.2, 0.25) is 5.75 Å². The summed E-state index contributed by atoms with van der Waals surface area (Å²) in [7, 11) is 0. The molecule has 0 saturated heterocycles. The number of aromatic nitrogens is 1. The normalized spacial score (nSPS) is 10.9. The van der Waals surface area contributed by atoms with E-state index < -0.39 is 22.9 Å². The fourth-order valence-electron chi connectivity index (χ4n) is 1.47. The van der Waals surface area contributed by atoms with Crippen LogP contribution in [0.2, 0.25) is 0 Å². The zero-order chi connectivity index (χ0) is 11.2. The van der Waals surface area contributed by atoms with E-state index in [2.05, 4.69) is 4.98 Å². The average Bonchev–Trinajstić information content (AvgIpc) is 2.20. The Labute approximate surface area is 83.0 Å². The molecule has 0 aliphatic rings. The summed E-state index contributed by atoms with van der Waals surface area (Å²) in [6.07, 6.45) is 0. The van der Waals surface area contributed by atoms with E-state index in [-0.39, 0.29) is 16.5 Å². The van der Waals surface area contributed by atoms with Crippen molar-refractivity contribution in [1.29, 1.82) is 0 Å². The lowest BCUT2D eigenvalue weighted by molar-refractivity contribution is 0.428. The van der Waals surface area contributed by atoms with Gasteiger partial charge in [0.05, 0.1) is 5.52 Å². The fraction of sp³-hybridized carbons (Fsp3) is 0.100. The molecule has 0 fully saturated rings. The number of halogens is 2. The SMILES string of the molecule is Cc1c(F)ccc2[nH]c(=O)c(O)c(F)c12. The number of hydrogen-bond acceptors (Lipinski definition) is 2. The molecule has 78 valence electrons. The van der Waals surface area contributed by atoms with Crippen molar-refractivity contribution in [3.63, 3.8) is 0 Å². The van der Waals surface area contributed by atoms with Gasteiger partial charge < -0.3 is 10.1 Å². The molecule has 0 saturated carbocycles. The van der Waals surface area contributed by atoms with Crippen LogP contribution in [0.5, 0.6) is 5.75 Å². The number of H-pyrrole nitrogens is 1. The Morgan fingerprint density at radius 2 is 2.00 bits per heavy atom. The van der Waals surface area contributed by atoms with Crippen molar-refractivity contribution in [1.82, 2.24) is 4.98 Å². The Balaban J connectivity index is 3.07. The first-order valence-corrected chi connectivity index (χ1v) is 4.22. The summed E-state index contributed by atoms with van der Waals surface area (Å²) in [5, 5.41) is 8.97. The monoisotopic (exact) mass is 211 g/mol. The molecule has 0 aliphatic heterocycles. The van der Waals surface area contributed by atoms with E-state index in [4.69, 9.17) is 5.11 Å². The first-order chi connectivity index (χ1) is 7.02. The van der Waals surface area contributed by atoms with Crippen LogP contribution in [0.1, 0.15) is 5.56 Å². The highest BCUT2D eigenvalue weighted by Crippen LogP contribution is 2.24. The minimum atomic E-state index is -1.09. The minimum Gasteiger partial charge on any atom is -0.501 e. The highest BCUT2D eigenvalue weighted by atomic mass is 19.1. The average molecular weight is 211 g/mol. The second-order valence-corrected chi connectivity index (χ2v) is 3.21. The predicted molar refractivity (Wildman–Crippen MR) is 50.9 cm³/mol. The number of hydrogen-bond donors (Lipinski definition) is 2. The van der Waals surface area contributed by atoms with E-state index in [0.29, 0.717) is 0 Å². The van der Waals surface area contributed by atoms with Gasteiger partial charge in [0, 0.05) is 5.39 Å². The van der Waals surface area contributed by atoms with Crippen molar-refractivity contribution >= 4 is 10.9 Å². The van der Waals surface area contributed by atoms with Crippen LogP contribution < -0.4 is 5.56 Å². The summed E-state index contributed by atoms with van der Waals surface area (Å²) >= 11 is 0. The van der Waals surface area contributed by atoms with Crippen molar-refractivity contribution in [3.8, 4) is 5.75 Å². The summed E-state index contributed by atoms with van der Waals surface area (Å²) in [5.74, 6) is -2.70. The maximum atomic E-state index is 13.5. The van der Waals surface area contributed by atoms with Crippen LogP contribution in [-0.2, 0) is 0 Å². The number of aromatic hydroxyl groups is 1. The van der Waals surface area contributed by atoms with Crippen molar-refractivity contribution in [2.75, 3.05) is 0 Å². The van der Waals surface area contributed by atoms with Gasteiger partial charge in [-0.1, -0.05) is 0 Å². The van der Waals surface area contributed by atoms with Crippen molar-refractivity contribution in [2.45, 2.75) is 6.92 Å². The summed E-state index contributed by atoms with van der Waals surface area (Å²) in [5.41, 5.74) is -0.711. The van der Waals surface area contributed by atoms with Gasteiger partial charge in [-0.3, -0.25) is 4.79 Å². The number of benzene rings is 1. The molecule has 1 aromatic heterocycles. The summed E-state index contributed by atoms with van der Waals surface area (Å²) in [4.78, 5) is 13.3. The second-order valence-electron chi connectivity index (χ2n) is 3.21. The van der Waals surface area contributed by atoms with Gasteiger partial charge in [0.1, 0.15) is 5.82 Å². The van der Waals surface area contributed by atoms with E-state index in [9.17, 15) is 13.6 Å². The quantitative estimate of drug-likeness (QED) is 0.698. The Hall–Kier alpha value is -1.91. The van der Waals surface area contributed by atoms with Gasteiger partial charge in [0.25, 0.3) is 5.56 Å². The molecule has 1 heterocycles. The molecule has 1 aromatic carbocycles. The highest BCUT2D eigenvalue weighted by Gasteiger charge is 2.14. The third kappa shape index (κ3) is 1.27. The number of rotatable bonds is 0. The van der Waals surface area contributed by atoms with Crippen LogP contribution in [0.15, 0.2) is 16.9 Å². The zero-order valence-corrected chi connectivity index (χ0v) is 7.77. The van der Waals surface area contributed by atoms with Gasteiger partial charge >= 0.3 is 0 Å². The van der Waals surface area contributed by atoms with Gasteiger partial charge in [-0.15, -0.1) is 0 Å².